The van der Waals surface area contributed by atoms with E-state index in [1.165, 1.54) is 4.90 Å². The van der Waals surface area contributed by atoms with E-state index >= 15 is 0 Å². The van der Waals surface area contributed by atoms with Gasteiger partial charge in [-0.15, -0.1) is 0 Å². The second-order valence-corrected chi connectivity index (χ2v) is 6.92. The van der Waals surface area contributed by atoms with E-state index in [0.29, 0.717) is 5.57 Å². The molecule has 0 bridgehead atoms. The maximum absolute atomic E-state index is 14.0. The lowest BCUT2D eigenvalue weighted by molar-refractivity contribution is -0.155. The predicted molar refractivity (Wildman–Crippen MR) is 90.4 cm³/mol. The highest BCUT2D eigenvalue weighted by molar-refractivity contribution is 6.41. The molecule has 140 valence electrons. The van der Waals surface area contributed by atoms with Crippen LogP contribution in [-0.4, -0.2) is 54.1 Å². The highest BCUT2D eigenvalue weighted by Crippen LogP contribution is 2.30. The van der Waals surface area contributed by atoms with Crippen molar-refractivity contribution < 1.29 is 28.2 Å². The Morgan fingerprint density at radius 2 is 1.92 bits per heavy atom. The van der Waals surface area contributed by atoms with Crippen molar-refractivity contribution in [3.05, 3.63) is 23.4 Å². The Morgan fingerprint density at radius 1 is 1.32 bits per heavy atom. The van der Waals surface area contributed by atoms with Gasteiger partial charge in [-0.2, -0.15) is 0 Å². The minimum Gasteiger partial charge on any atom is -0.460 e. The standard InChI is InChI=1S/C18H26FNO5/c1-7-24-17(23)16(22)15(11(2)3)13-8-12(19)9-20(13)10-14(21)25-18(4,5)6/h12H,2,7-10H2,1,3-6H3/b15-13+/t12-/m1/s1. The zero-order valence-corrected chi connectivity index (χ0v) is 15.5. The maximum atomic E-state index is 14.0. The van der Waals surface area contributed by atoms with Gasteiger partial charge >= 0.3 is 11.9 Å². The topological polar surface area (TPSA) is 72.9 Å². The number of allylic oxidation sites excluding steroid dienone is 2. The molecule has 0 amide bonds. The number of Topliss-reactive ketones (excluding diaryl/α,β-unsaturated/α-hetero) is 1. The fourth-order valence-corrected chi connectivity index (χ4v) is 2.57. The molecule has 0 aliphatic carbocycles. The first-order valence-corrected chi connectivity index (χ1v) is 8.17. The van der Waals surface area contributed by atoms with Gasteiger partial charge in [-0.25, -0.2) is 9.18 Å². The zero-order valence-electron chi connectivity index (χ0n) is 15.5. The van der Waals surface area contributed by atoms with Crippen molar-refractivity contribution in [2.24, 2.45) is 0 Å². The molecule has 1 saturated heterocycles. The molecule has 0 unspecified atom stereocenters. The van der Waals surface area contributed by atoms with Gasteiger partial charge in [0, 0.05) is 18.7 Å². The van der Waals surface area contributed by atoms with Crippen LogP contribution < -0.4 is 0 Å². The molecular weight excluding hydrogens is 329 g/mol. The van der Waals surface area contributed by atoms with Gasteiger partial charge < -0.3 is 14.4 Å². The summed E-state index contributed by atoms with van der Waals surface area (Å²) in [6, 6.07) is 0. The molecular formula is C18H26FNO5. The van der Waals surface area contributed by atoms with Crippen molar-refractivity contribution in [3.8, 4) is 0 Å². The first-order valence-electron chi connectivity index (χ1n) is 8.17. The van der Waals surface area contributed by atoms with Crippen LogP contribution >= 0.6 is 0 Å². The number of alkyl halides is 1. The molecule has 0 spiro atoms. The number of ketones is 1. The zero-order chi connectivity index (χ0) is 19.4. The van der Waals surface area contributed by atoms with Crippen molar-refractivity contribution in [1.82, 2.24) is 4.90 Å². The molecule has 0 saturated carbocycles. The lowest BCUT2D eigenvalue weighted by Gasteiger charge is -2.25. The number of carbonyl (C=O) groups is 3. The van der Waals surface area contributed by atoms with Crippen molar-refractivity contribution >= 4 is 17.7 Å². The largest absolute Gasteiger partial charge is 0.460 e. The fourth-order valence-electron chi connectivity index (χ4n) is 2.57. The normalized spacial score (nSPS) is 19.4. The summed E-state index contributed by atoms with van der Waals surface area (Å²) in [4.78, 5) is 37.7. The van der Waals surface area contributed by atoms with Crippen LogP contribution in [0.2, 0.25) is 0 Å². The van der Waals surface area contributed by atoms with Gasteiger partial charge in [-0.05, 0) is 40.2 Å². The summed E-state index contributed by atoms with van der Waals surface area (Å²) >= 11 is 0. The van der Waals surface area contributed by atoms with Crippen LogP contribution in [0, 0.1) is 0 Å². The van der Waals surface area contributed by atoms with Crippen LogP contribution in [0.5, 0.6) is 0 Å². The second-order valence-electron chi connectivity index (χ2n) is 6.92. The molecule has 0 aromatic heterocycles. The molecule has 1 rings (SSSR count). The van der Waals surface area contributed by atoms with Crippen LogP contribution in [0.15, 0.2) is 23.4 Å². The number of nitrogens with zero attached hydrogens (tertiary/aromatic N) is 1. The third-order valence-corrected chi connectivity index (χ3v) is 3.36. The SMILES string of the molecule is C=C(C)/C(C(=O)C(=O)OCC)=C1/C[C@@H](F)CN1CC(=O)OC(C)(C)C. The maximum Gasteiger partial charge on any atom is 0.379 e. The highest BCUT2D eigenvalue weighted by Gasteiger charge is 2.35. The molecule has 1 aliphatic heterocycles. The van der Waals surface area contributed by atoms with Gasteiger partial charge in [0.1, 0.15) is 18.3 Å². The van der Waals surface area contributed by atoms with E-state index in [4.69, 9.17) is 9.47 Å². The molecule has 0 aromatic carbocycles. The lowest BCUT2D eigenvalue weighted by Crippen LogP contribution is -2.34. The molecule has 0 aromatic rings. The monoisotopic (exact) mass is 355 g/mol. The Kier molecular flexibility index (Phi) is 6.90. The van der Waals surface area contributed by atoms with Gasteiger partial charge in [0.2, 0.25) is 0 Å². The molecule has 1 fully saturated rings. The van der Waals surface area contributed by atoms with Crippen molar-refractivity contribution in [3.63, 3.8) is 0 Å². The Balaban J connectivity index is 3.14. The van der Waals surface area contributed by atoms with Crippen LogP contribution in [0.25, 0.3) is 0 Å². The molecule has 1 heterocycles. The first-order chi connectivity index (χ1) is 11.5. The van der Waals surface area contributed by atoms with Gasteiger partial charge in [0.15, 0.2) is 0 Å². The first kappa shape index (κ1) is 20.9. The van der Waals surface area contributed by atoms with Crippen LogP contribution in [0.1, 0.15) is 41.0 Å². The summed E-state index contributed by atoms with van der Waals surface area (Å²) in [5, 5.41) is 0. The third-order valence-electron chi connectivity index (χ3n) is 3.36. The van der Waals surface area contributed by atoms with Gasteiger partial charge in [-0.1, -0.05) is 6.58 Å². The average molecular weight is 355 g/mol. The third kappa shape index (κ3) is 5.99. The Bertz CT molecular complexity index is 603. The number of halogens is 1. The Morgan fingerprint density at radius 3 is 2.40 bits per heavy atom. The number of likely N-dealkylation sites (tertiary alicyclic amines) is 1. The molecule has 6 nitrogen and oxygen atoms in total. The quantitative estimate of drug-likeness (QED) is 0.414. The van der Waals surface area contributed by atoms with Crippen LogP contribution in [0.3, 0.4) is 0 Å². The summed E-state index contributed by atoms with van der Waals surface area (Å²) in [6.07, 6.45) is -1.32. The van der Waals surface area contributed by atoms with Crippen LogP contribution in [0.4, 0.5) is 4.39 Å². The molecule has 0 N–H and O–H groups in total. The Hall–Kier alpha value is -2.18. The van der Waals surface area contributed by atoms with Gasteiger partial charge in [0.05, 0.1) is 12.2 Å². The summed E-state index contributed by atoms with van der Waals surface area (Å²) in [5.41, 5.74) is -0.0734. The van der Waals surface area contributed by atoms with E-state index in [1.807, 2.05) is 0 Å². The van der Waals surface area contributed by atoms with E-state index in [1.54, 1.807) is 34.6 Å². The number of hydrogen-bond acceptors (Lipinski definition) is 6. The number of ether oxygens (including phenoxy) is 2. The number of hydrogen-bond donors (Lipinski definition) is 0. The van der Waals surface area contributed by atoms with Crippen molar-refractivity contribution in [2.75, 3.05) is 19.7 Å². The summed E-state index contributed by atoms with van der Waals surface area (Å²) in [6.45, 7) is 11.8. The van der Waals surface area contributed by atoms with Crippen LogP contribution in [-0.2, 0) is 23.9 Å². The predicted octanol–water partition coefficient (Wildman–Crippen LogP) is 2.33. The lowest BCUT2D eigenvalue weighted by atomic mass is 10.0. The van der Waals surface area contributed by atoms with Gasteiger partial charge in [-0.3, -0.25) is 9.59 Å². The van der Waals surface area contributed by atoms with E-state index in [2.05, 4.69) is 6.58 Å². The molecule has 0 radical (unpaired) electrons. The minimum atomic E-state index is -1.25. The van der Waals surface area contributed by atoms with Crippen molar-refractivity contribution in [1.29, 1.82) is 0 Å². The van der Waals surface area contributed by atoms with E-state index in [0.717, 1.165) is 0 Å². The summed E-state index contributed by atoms with van der Waals surface area (Å²) < 4.78 is 23.9. The smallest absolute Gasteiger partial charge is 0.379 e. The summed E-state index contributed by atoms with van der Waals surface area (Å²) in [7, 11) is 0. The molecule has 7 heteroatoms. The average Bonchev–Trinajstić information content (AvgIpc) is 2.76. The number of esters is 2. The second kappa shape index (κ2) is 8.27. The van der Waals surface area contributed by atoms with Gasteiger partial charge in [0.25, 0.3) is 5.78 Å². The number of rotatable bonds is 6. The van der Waals surface area contributed by atoms with E-state index in [9.17, 15) is 18.8 Å². The molecule has 25 heavy (non-hydrogen) atoms. The van der Waals surface area contributed by atoms with E-state index in [-0.39, 0.29) is 37.4 Å². The Labute approximate surface area is 147 Å². The van der Waals surface area contributed by atoms with Crippen molar-refractivity contribution in [2.45, 2.75) is 52.8 Å². The highest BCUT2D eigenvalue weighted by atomic mass is 19.1. The minimum absolute atomic E-state index is 0.00200. The molecule has 1 aliphatic rings. The van der Waals surface area contributed by atoms with E-state index < -0.39 is 29.5 Å². The fraction of sp³-hybridized carbons (Fsp3) is 0.611. The number of carbonyl (C=O) groups excluding carboxylic acids is 3. The molecule has 1 atom stereocenters. The summed E-state index contributed by atoms with van der Waals surface area (Å²) in [5.74, 6) is -2.44.